The number of carbonyl (C=O) groups excluding carboxylic acids is 4. The number of imide groups is 1. The average molecular weight is 289 g/mol. The van der Waals surface area contributed by atoms with Gasteiger partial charge in [0.2, 0.25) is 11.8 Å². The van der Waals surface area contributed by atoms with Gasteiger partial charge in [-0.3, -0.25) is 24.1 Å². The SMILES string of the molecule is CN1C(=O)CC(NC(=O)CNC(=O)c2ccccc2)C1=O. The lowest BCUT2D eigenvalue weighted by Crippen LogP contribution is -2.45. The lowest BCUT2D eigenvalue weighted by atomic mass is 10.2. The van der Waals surface area contributed by atoms with Crippen LogP contribution in [0, 0.1) is 0 Å². The summed E-state index contributed by atoms with van der Waals surface area (Å²) in [5.41, 5.74) is 0.442. The number of amides is 4. The summed E-state index contributed by atoms with van der Waals surface area (Å²) in [5.74, 6) is -1.67. The first-order chi connectivity index (χ1) is 9.99. The lowest BCUT2D eigenvalue weighted by Gasteiger charge is -2.11. The topological polar surface area (TPSA) is 95.6 Å². The van der Waals surface area contributed by atoms with Gasteiger partial charge in [-0.05, 0) is 12.1 Å². The van der Waals surface area contributed by atoms with Gasteiger partial charge in [-0.25, -0.2) is 0 Å². The highest BCUT2D eigenvalue weighted by Gasteiger charge is 2.36. The minimum absolute atomic E-state index is 0.0479. The second-order valence-electron chi connectivity index (χ2n) is 4.66. The van der Waals surface area contributed by atoms with Crippen molar-refractivity contribution in [1.82, 2.24) is 15.5 Å². The Kier molecular flexibility index (Phi) is 4.32. The van der Waals surface area contributed by atoms with Crippen LogP contribution in [0.25, 0.3) is 0 Å². The van der Waals surface area contributed by atoms with E-state index in [4.69, 9.17) is 0 Å². The number of likely N-dealkylation sites (N-methyl/N-ethyl adjacent to an activating group) is 1. The summed E-state index contributed by atoms with van der Waals surface area (Å²) < 4.78 is 0. The molecule has 7 heteroatoms. The number of benzene rings is 1. The Morgan fingerprint density at radius 3 is 2.48 bits per heavy atom. The third kappa shape index (κ3) is 3.44. The molecule has 7 nitrogen and oxygen atoms in total. The Morgan fingerprint density at radius 1 is 1.24 bits per heavy atom. The number of nitrogens with zero attached hydrogens (tertiary/aromatic N) is 1. The summed E-state index contributed by atoms with van der Waals surface area (Å²) in [7, 11) is 1.37. The van der Waals surface area contributed by atoms with E-state index in [9.17, 15) is 19.2 Å². The predicted octanol–water partition coefficient (Wildman–Crippen LogP) is -0.710. The number of hydrogen-bond acceptors (Lipinski definition) is 4. The fourth-order valence-electron chi connectivity index (χ4n) is 1.97. The molecule has 1 aromatic rings. The van der Waals surface area contributed by atoms with Crippen molar-refractivity contribution in [3.63, 3.8) is 0 Å². The zero-order valence-electron chi connectivity index (χ0n) is 11.5. The molecule has 1 aliphatic rings. The Hall–Kier alpha value is -2.70. The molecule has 1 aromatic carbocycles. The van der Waals surface area contributed by atoms with Crippen LogP contribution in [0.2, 0.25) is 0 Å². The van der Waals surface area contributed by atoms with Gasteiger partial charge in [0.1, 0.15) is 6.04 Å². The van der Waals surface area contributed by atoms with Crippen molar-refractivity contribution in [3.05, 3.63) is 35.9 Å². The second kappa shape index (κ2) is 6.17. The molecular weight excluding hydrogens is 274 g/mol. The molecule has 1 saturated heterocycles. The van der Waals surface area contributed by atoms with Crippen molar-refractivity contribution < 1.29 is 19.2 Å². The standard InChI is InChI=1S/C14H15N3O4/c1-17-12(19)7-10(14(17)21)16-11(18)8-15-13(20)9-5-3-2-4-6-9/h2-6,10H,7-8H2,1H3,(H,15,20)(H,16,18). The van der Waals surface area contributed by atoms with E-state index in [0.29, 0.717) is 5.56 Å². The fraction of sp³-hybridized carbons (Fsp3) is 0.286. The van der Waals surface area contributed by atoms with Gasteiger partial charge >= 0.3 is 0 Å². The average Bonchev–Trinajstić information content (AvgIpc) is 2.73. The minimum atomic E-state index is -0.844. The van der Waals surface area contributed by atoms with Crippen LogP contribution in [-0.2, 0) is 14.4 Å². The monoisotopic (exact) mass is 289 g/mol. The molecule has 2 rings (SSSR count). The van der Waals surface area contributed by atoms with E-state index in [1.807, 2.05) is 0 Å². The van der Waals surface area contributed by atoms with Crippen LogP contribution in [0.15, 0.2) is 30.3 Å². The van der Waals surface area contributed by atoms with Crippen LogP contribution < -0.4 is 10.6 Å². The highest BCUT2D eigenvalue weighted by atomic mass is 16.2. The molecule has 2 N–H and O–H groups in total. The number of nitrogens with one attached hydrogen (secondary N) is 2. The Balaban J connectivity index is 1.82. The zero-order chi connectivity index (χ0) is 15.4. The van der Waals surface area contributed by atoms with Crippen molar-refractivity contribution in [2.75, 3.05) is 13.6 Å². The van der Waals surface area contributed by atoms with Crippen LogP contribution in [0.4, 0.5) is 0 Å². The molecular formula is C14H15N3O4. The Labute approximate surface area is 121 Å². The quantitative estimate of drug-likeness (QED) is 0.716. The lowest BCUT2D eigenvalue weighted by molar-refractivity contribution is -0.138. The van der Waals surface area contributed by atoms with Crippen molar-refractivity contribution in [2.45, 2.75) is 12.5 Å². The fourth-order valence-corrected chi connectivity index (χ4v) is 1.97. The zero-order valence-corrected chi connectivity index (χ0v) is 11.5. The molecule has 4 amide bonds. The van der Waals surface area contributed by atoms with Crippen LogP contribution in [0.1, 0.15) is 16.8 Å². The summed E-state index contributed by atoms with van der Waals surface area (Å²) >= 11 is 0. The maximum Gasteiger partial charge on any atom is 0.252 e. The van der Waals surface area contributed by atoms with E-state index in [2.05, 4.69) is 10.6 Å². The van der Waals surface area contributed by atoms with E-state index < -0.39 is 17.9 Å². The molecule has 0 radical (unpaired) electrons. The molecule has 1 atom stereocenters. The molecule has 110 valence electrons. The number of carbonyl (C=O) groups is 4. The van der Waals surface area contributed by atoms with Gasteiger partial charge in [-0.15, -0.1) is 0 Å². The predicted molar refractivity (Wildman–Crippen MR) is 73.1 cm³/mol. The van der Waals surface area contributed by atoms with E-state index in [0.717, 1.165) is 4.90 Å². The van der Waals surface area contributed by atoms with Crippen molar-refractivity contribution in [3.8, 4) is 0 Å². The molecule has 1 unspecified atom stereocenters. The molecule has 0 saturated carbocycles. The first kappa shape index (κ1) is 14.7. The van der Waals surface area contributed by atoms with E-state index >= 15 is 0 Å². The van der Waals surface area contributed by atoms with Gasteiger partial charge in [-0.1, -0.05) is 18.2 Å². The maximum atomic E-state index is 11.7. The third-order valence-corrected chi connectivity index (χ3v) is 3.16. The summed E-state index contributed by atoms with van der Waals surface area (Å²) in [5, 5.41) is 4.88. The van der Waals surface area contributed by atoms with Gasteiger partial charge in [0.25, 0.3) is 11.8 Å². The van der Waals surface area contributed by atoms with Gasteiger partial charge in [-0.2, -0.15) is 0 Å². The molecule has 21 heavy (non-hydrogen) atoms. The molecule has 0 spiro atoms. The largest absolute Gasteiger partial charge is 0.343 e. The molecule has 0 bridgehead atoms. The third-order valence-electron chi connectivity index (χ3n) is 3.16. The highest BCUT2D eigenvalue weighted by molar-refractivity contribution is 6.06. The van der Waals surface area contributed by atoms with Crippen LogP contribution in [-0.4, -0.2) is 48.2 Å². The van der Waals surface area contributed by atoms with Crippen LogP contribution in [0.5, 0.6) is 0 Å². The van der Waals surface area contributed by atoms with E-state index in [-0.39, 0.29) is 24.8 Å². The first-order valence-corrected chi connectivity index (χ1v) is 6.42. The highest BCUT2D eigenvalue weighted by Crippen LogP contribution is 2.10. The summed E-state index contributed by atoms with van der Waals surface area (Å²) in [6.45, 7) is -0.255. The second-order valence-corrected chi connectivity index (χ2v) is 4.66. The summed E-state index contributed by atoms with van der Waals surface area (Å²) in [6, 6.07) is 7.62. The Morgan fingerprint density at radius 2 is 1.90 bits per heavy atom. The molecule has 0 aromatic heterocycles. The van der Waals surface area contributed by atoms with Gasteiger partial charge < -0.3 is 10.6 Å². The number of likely N-dealkylation sites (tertiary alicyclic amines) is 1. The van der Waals surface area contributed by atoms with Crippen molar-refractivity contribution >= 4 is 23.6 Å². The van der Waals surface area contributed by atoms with Crippen LogP contribution in [0.3, 0.4) is 0 Å². The maximum absolute atomic E-state index is 11.7. The number of rotatable bonds is 4. The summed E-state index contributed by atoms with van der Waals surface area (Å²) in [4.78, 5) is 47.3. The van der Waals surface area contributed by atoms with Crippen LogP contribution >= 0.6 is 0 Å². The summed E-state index contributed by atoms with van der Waals surface area (Å²) in [6.07, 6.45) is -0.0479. The first-order valence-electron chi connectivity index (χ1n) is 6.42. The minimum Gasteiger partial charge on any atom is -0.343 e. The molecule has 0 aliphatic carbocycles. The Bertz CT molecular complexity index is 585. The normalized spacial score (nSPS) is 17.8. The molecule has 1 aliphatic heterocycles. The van der Waals surface area contributed by atoms with Gasteiger partial charge in [0, 0.05) is 12.6 Å². The van der Waals surface area contributed by atoms with Gasteiger partial charge in [0.15, 0.2) is 0 Å². The number of hydrogen-bond donors (Lipinski definition) is 2. The van der Waals surface area contributed by atoms with E-state index in [1.54, 1.807) is 30.3 Å². The molecule has 1 fully saturated rings. The van der Waals surface area contributed by atoms with E-state index in [1.165, 1.54) is 7.05 Å². The smallest absolute Gasteiger partial charge is 0.252 e. The molecule has 1 heterocycles. The van der Waals surface area contributed by atoms with Crippen molar-refractivity contribution in [2.24, 2.45) is 0 Å². The van der Waals surface area contributed by atoms with Gasteiger partial charge in [0.05, 0.1) is 13.0 Å². The van der Waals surface area contributed by atoms with Crippen molar-refractivity contribution in [1.29, 1.82) is 0 Å².